The van der Waals surface area contributed by atoms with Gasteiger partial charge in [0.15, 0.2) is 5.96 Å². The summed E-state index contributed by atoms with van der Waals surface area (Å²) in [5.41, 5.74) is -0.316. The smallest absolute Gasteiger partial charge is 0.191 e. The van der Waals surface area contributed by atoms with Crippen molar-refractivity contribution in [1.29, 1.82) is 0 Å². The lowest BCUT2D eigenvalue weighted by Gasteiger charge is -2.23. The zero-order valence-electron chi connectivity index (χ0n) is 15.2. The quantitative estimate of drug-likeness (QED) is 0.272. The molecule has 1 atom stereocenters. The van der Waals surface area contributed by atoms with E-state index in [1.807, 2.05) is 24.4 Å². The number of aromatic hydroxyl groups is 1. The van der Waals surface area contributed by atoms with Crippen LogP contribution in [0.5, 0.6) is 11.5 Å². The topological polar surface area (TPSA) is 86.1 Å². The molecule has 0 aliphatic heterocycles. The van der Waals surface area contributed by atoms with E-state index in [-0.39, 0.29) is 29.7 Å². The van der Waals surface area contributed by atoms with Gasteiger partial charge in [0.1, 0.15) is 17.1 Å². The number of methoxy groups -OCH3 is 1. The van der Waals surface area contributed by atoms with Crippen LogP contribution in [-0.4, -0.2) is 36.4 Å². The van der Waals surface area contributed by atoms with Gasteiger partial charge in [-0.05, 0) is 43.5 Å². The Kier molecular flexibility index (Phi) is 9.17. The van der Waals surface area contributed by atoms with E-state index >= 15 is 0 Å². The lowest BCUT2D eigenvalue weighted by atomic mass is 10.1. The third-order valence-electron chi connectivity index (χ3n) is 3.69. The van der Waals surface area contributed by atoms with Crippen LogP contribution >= 0.6 is 35.3 Å². The van der Waals surface area contributed by atoms with E-state index in [0.29, 0.717) is 36.9 Å². The Labute approximate surface area is 175 Å². The average Bonchev–Trinajstić information content (AvgIpc) is 3.14. The number of nitrogens with one attached hydrogen (secondary N) is 2. The molecule has 144 valence electrons. The Balaban J connectivity index is 0.00000338. The van der Waals surface area contributed by atoms with E-state index in [0.717, 1.165) is 4.88 Å². The van der Waals surface area contributed by atoms with Crippen molar-refractivity contribution in [2.75, 3.05) is 20.2 Å². The molecule has 0 aliphatic carbocycles. The van der Waals surface area contributed by atoms with Gasteiger partial charge in [0.25, 0.3) is 0 Å². The van der Waals surface area contributed by atoms with Crippen molar-refractivity contribution in [3.63, 3.8) is 0 Å². The number of nitrogens with zero attached hydrogens (tertiary/aromatic N) is 1. The minimum absolute atomic E-state index is 0. The Morgan fingerprint density at radius 1 is 1.31 bits per heavy atom. The maximum atomic E-state index is 10.6. The Hall–Kier alpha value is -1.52. The normalized spacial score (nSPS) is 13.5. The first-order valence-electron chi connectivity index (χ1n) is 8.10. The van der Waals surface area contributed by atoms with Crippen LogP contribution in [0.4, 0.5) is 0 Å². The number of rotatable bonds is 7. The van der Waals surface area contributed by atoms with Crippen LogP contribution in [0, 0.1) is 0 Å². The predicted molar refractivity (Wildman–Crippen MR) is 117 cm³/mol. The van der Waals surface area contributed by atoms with Crippen LogP contribution in [0.1, 0.15) is 24.3 Å². The summed E-state index contributed by atoms with van der Waals surface area (Å²) in [7, 11) is 1.58. The summed E-state index contributed by atoms with van der Waals surface area (Å²) < 4.78 is 5.17. The van der Waals surface area contributed by atoms with Crippen molar-refractivity contribution in [2.45, 2.75) is 26.0 Å². The number of phenolic OH excluding ortho intramolecular Hbond substituents is 1. The molecule has 0 spiro atoms. The fraction of sp³-hybridized carbons (Fsp3) is 0.389. The minimum atomic E-state index is -0.984. The number of phenols is 1. The number of benzene rings is 1. The van der Waals surface area contributed by atoms with Crippen LogP contribution in [0.2, 0.25) is 0 Å². The zero-order valence-corrected chi connectivity index (χ0v) is 18.3. The molecule has 0 aliphatic rings. The maximum absolute atomic E-state index is 10.6. The highest BCUT2D eigenvalue weighted by Gasteiger charge is 2.24. The molecule has 26 heavy (non-hydrogen) atoms. The standard InChI is InChI=1S/C18H25N3O3S.HI/c1-4-19-17(21-12-18(2,23)16-6-5-9-25-16)20-11-13-10-14(24-3)7-8-15(13)22;/h5-10,22-23H,4,11-12H2,1-3H3,(H2,19,20,21);1H. The van der Waals surface area contributed by atoms with Gasteiger partial charge in [-0.25, -0.2) is 4.99 Å². The van der Waals surface area contributed by atoms with E-state index in [1.54, 1.807) is 32.2 Å². The van der Waals surface area contributed by atoms with Gasteiger partial charge in [-0.1, -0.05) is 6.07 Å². The number of thiophene rings is 1. The molecule has 6 nitrogen and oxygen atoms in total. The van der Waals surface area contributed by atoms with Gasteiger partial charge < -0.3 is 25.6 Å². The highest BCUT2D eigenvalue weighted by molar-refractivity contribution is 14.0. The van der Waals surface area contributed by atoms with E-state index in [9.17, 15) is 10.2 Å². The third-order valence-corrected chi connectivity index (χ3v) is 4.81. The predicted octanol–water partition coefficient (Wildman–Crippen LogP) is 3.04. The van der Waals surface area contributed by atoms with Gasteiger partial charge in [0.2, 0.25) is 0 Å². The molecule has 4 N–H and O–H groups in total. The third kappa shape index (κ3) is 6.33. The van der Waals surface area contributed by atoms with Crippen LogP contribution in [0.25, 0.3) is 0 Å². The molecule has 1 aromatic heterocycles. The lowest BCUT2D eigenvalue weighted by Crippen LogP contribution is -2.44. The summed E-state index contributed by atoms with van der Waals surface area (Å²) in [6, 6.07) is 8.87. The Morgan fingerprint density at radius 2 is 2.08 bits per heavy atom. The highest BCUT2D eigenvalue weighted by Crippen LogP contribution is 2.25. The summed E-state index contributed by atoms with van der Waals surface area (Å²) in [4.78, 5) is 5.37. The molecule has 0 bridgehead atoms. The first kappa shape index (κ1) is 22.5. The molecule has 0 amide bonds. The monoisotopic (exact) mass is 491 g/mol. The van der Waals surface area contributed by atoms with Gasteiger partial charge in [0, 0.05) is 17.0 Å². The van der Waals surface area contributed by atoms with Crippen molar-refractivity contribution < 1.29 is 14.9 Å². The summed E-state index contributed by atoms with van der Waals surface area (Å²) in [6.45, 7) is 5.04. The van der Waals surface area contributed by atoms with Gasteiger partial charge in [-0.15, -0.1) is 35.3 Å². The SMILES string of the molecule is CCNC(=NCc1cc(OC)ccc1O)NCC(C)(O)c1cccs1.I. The fourth-order valence-corrected chi connectivity index (χ4v) is 3.04. The van der Waals surface area contributed by atoms with Gasteiger partial charge in [-0.3, -0.25) is 0 Å². The number of guanidine groups is 1. The van der Waals surface area contributed by atoms with Gasteiger partial charge in [-0.2, -0.15) is 0 Å². The molecule has 0 fully saturated rings. The number of aliphatic imine (C=N–C) groups is 1. The number of hydrogen-bond acceptors (Lipinski definition) is 5. The molecule has 2 aromatic rings. The fourth-order valence-electron chi connectivity index (χ4n) is 2.25. The zero-order chi connectivity index (χ0) is 18.3. The molecule has 1 heterocycles. The van der Waals surface area contributed by atoms with E-state index in [1.165, 1.54) is 11.3 Å². The van der Waals surface area contributed by atoms with Crippen molar-refractivity contribution >= 4 is 41.3 Å². The number of aliphatic hydroxyl groups is 1. The molecule has 1 unspecified atom stereocenters. The van der Waals surface area contributed by atoms with Crippen molar-refractivity contribution in [3.8, 4) is 11.5 Å². The molecule has 0 saturated heterocycles. The second-order valence-corrected chi connectivity index (χ2v) is 6.74. The van der Waals surface area contributed by atoms with Crippen LogP contribution < -0.4 is 15.4 Å². The molecular formula is C18H26IN3O3S. The summed E-state index contributed by atoms with van der Waals surface area (Å²) in [6.07, 6.45) is 0. The first-order valence-corrected chi connectivity index (χ1v) is 8.98. The Morgan fingerprint density at radius 3 is 2.69 bits per heavy atom. The number of halogens is 1. The van der Waals surface area contributed by atoms with Crippen LogP contribution in [0.3, 0.4) is 0 Å². The average molecular weight is 491 g/mol. The van der Waals surface area contributed by atoms with Crippen LogP contribution in [0.15, 0.2) is 40.7 Å². The van der Waals surface area contributed by atoms with E-state index in [2.05, 4.69) is 15.6 Å². The van der Waals surface area contributed by atoms with Gasteiger partial charge in [0.05, 0.1) is 20.2 Å². The highest BCUT2D eigenvalue weighted by atomic mass is 127. The number of hydrogen-bond donors (Lipinski definition) is 4. The largest absolute Gasteiger partial charge is 0.508 e. The first-order chi connectivity index (χ1) is 12.0. The maximum Gasteiger partial charge on any atom is 0.191 e. The molecule has 8 heteroatoms. The summed E-state index contributed by atoms with van der Waals surface area (Å²) in [5, 5.41) is 28.8. The molecule has 0 radical (unpaired) electrons. The van der Waals surface area contributed by atoms with E-state index in [4.69, 9.17) is 4.74 Å². The lowest BCUT2D eigenvalue weighted by molar-refractivity contribution is 0.0655. The number of ether oxygens (including phenoxy) is 1. The molecule has 1 aromatic carbocycles. The molecule has 2 rings (SSSR count). The minimum Gasteiger partial charge on any atom is -0.508 e. The van der Waals surface area contributed by atoms with Gasteiger partial charge >= 0.3 is 0 Å². The second kappa shape index (κ2) is 10.6. The molecule has 0 saturated carbocycles. The van der Waals surface area contributed by atoms with E-state index < -0.39 is 5.60 Å². The van der Waals surface area contributed by atoms with Crippen molar-refractivity contribution in [3.05, 3.63) is 46.2 Å². The summed E-state index contributed by atoms with van der Waals surface area (Å²) >= 11 is 1.51. The Bertz CT molecular complexity index is 706. The van der Waals surface area contributed by atoms with Crippen molar-refractivity contribution in [2.24, 2.45) is 4.99 Å². The second-order valence-electron chi connectivity index (χ2n) is 5.79. The van der Waals surface area contributed by atoms with Crippen molar-refractivity contribution in [1.82, 2.24) is 10.6 Å². The molecular weight excluding hydrogens is 465 g/mol. The van der Waals surface area contributed by atoms with Crippen LogP contribution in [-0.2, 0) is 12.1 Å². The summed E-state index contributed by atoms with van der Waals surface area (Å²) in [5.74, 6) is 1.41.